The van der Waals surface area contributed by atoms with Crippen LogP contribution in [0.4, 0.5) is 11.5 Å². The Labute approximate surface area is 163 Å². The van der Waals surface area contributed by atoms with Gasteiger partial charge in [-0.05, 0) is 44.9 Å². The molecule has 0 saturated heterocycles. The molecular weight excluding hydrogens is 350 g/mol. The summed E-state index contributed by atoms with van der Waals surface area (Å²) in [5.41, 5.74) is 5.19. The molecule has 1 aromatic carbocycles. The lowest BCUT2D eigenvalue weighted by molar-refractivity contribution is 0.746. The molecule has 1 N–H and O–H groups in total. The van der Waals surface area contributed by atoms with Crippen molar-refractivity contribution in [1.29, 1.82) is 0 Å². The van der Waals surface area contributed by atoms with Gasteiger partial charge in [-0.25, -0.2) is 9.97 Å². The lowest BCUT2D eigenvalue weighted by Crippen LogP contribution is -2.00. The summed E-state index contributed by atoms with van der Waals surface area (Å²) in [6.07, 6.45) is 7.88. The van der Waals surface area contributed by atoms with Crippen LogP contribution in [0.5, 0.6) is 0 Å². The first-order valence-electron chi connectivity index (χ1n) is 9.43. The minimum atomic E-state index is 0.543. The van der Waals surface area contributed by atoms with Gasteiger partial charge in [0, 0.05) is 35.2 Å². The summed E-state index contributed by atoms with van der Waals surface area (Å²) >= 11 is 0. The molecule has 0 atom stereocenters. The second-order valence-corrected chi connectivity index (χ2v) is 7.18. The van der Waals surface area contributed by atoms with Crippen molar-refractivity contribution >= 4 is 11.5 Å². The van der Waals surface area contributed by atoms with Crippen molar-refractivity contribution < 1.29 is 0 Å². The number of hydrogen-bond donors (Lipinski definition) is 1. The van der Waals surface area contributed by atoms with Crippen molar-refractivity contribution in [3.8, 4) is 17.1 Å². The van der Waals surface area contributed by atoms with Gasteiger partial charge in [-0.2, -0.15) is 0 Å². The Morgan fingerprint density at radius 1 is 1.04 bits per heavy atom. The zero-order valence-electron chi connectivity index (χ0n) is 15.9. The van der Waals surface area contributed by atoms with Gasteiger partial charge in [0.15, 0.2) is 5.82 Å². The number of aromatic nitrogens is 6. The summed E-state index contributed by atoms with van der Waals surface area (Å²) in [5.74, 6) is 1.70. The zero-order valence-corrected chi connectivity index (χ0v) is 15.9. The Bertz CT molecular complexity index is 1140. The number of anilines is 2. The van der Waals surface area contributed by atoms with E-state index in [2.05, 4.69) is 53.7 Å². The average Bonchev–Trinajstić information content (AvgIpc) is 3.34. The van der Waals surface area contributed by atoms with Crippen LogP contribution in [-0.4, -0.2) is 29.3 Å². The first-order chi connectivity index (χ1) is 13.7. The van der Waals surface area contributed by atoms with Gasteiger partial charge in [0.2, 0.25) is 0 Å². The summed E-state index contributed by atoms with van der Waals surface area (Å²) in [4.78, 5) is 8.85. The molecule has 5 rings (SSSR count). The molecule has 1 fully saturated rings. The number of imidazole rings is 1. The third-order valence-electron chi connectivity index (χ3n) is 5.18. The SMILES string of the molecule is Cc1ncn(-c2ccnc(Nc3cccc(-c4nncn4C4CC4)c3)c2)c1C. The molecule has 7 heteroatoms. The first-order valence-corrected chi connectivity index (χ1v) is 9.43. The van der Waals surface area contributed by atoms with Crippen LogP contribution in [-0.2, 0) is 0 Å². The lowest BCUT2D eigenvalue weighted by Gasteiger charge is -2.11. The van der Waals surface area contributed by atoms with Crippen LogP contribution in [0.15, 0.2) is 55.2 Å². The second kappa shape index (κ2) is 6.60. The summed E-state index contributed by atoms with van der Waals surface area (Å²) in [5, 5.41) is 11.8. The highest BCUT2D eigenvalue weighted by Crippen LogP contribution is 2.37. The Kier molecular flexibility index (Phi) is 3.93. The first kappa shape index (κ1) is 16.7. The molecule has 0 bridgehead atoms. The Balaban J connectivity index is 1.43. The van der Waals surface area contributed by atoms with Crippen LogP contribution < -0.4 is 5.32 Å². The molecule has 1 aliphatic carbocycles. The highest BCUT2D eigenvalue weighted by Gasteiger charge is 2.26. The Hall–Kier alpha value is -3.48. The third kappa shape index (κ3) is 3.05. The smallest absolute Gasteiger partial charge is 0.164 e. The zero-order chi connectivity index (χ0) is 19.1. The molecule has 0 spiro atoms. The van der Waals surface area contributed by atoms with Crippen molar-refractivity contribution in [3.05, 3.63) is 66.6 Å². The molecule has 0 amide bonds. The number of hydrogen-bond acceptors (Lipinski definition) is 5. The van der Waals surface area contributed by atoms with Crippen LogP contribution >= 0.6 is 0 Å². The fourth-order valence-corrected chi connectivity index (χ4v) is 3.35. The molecular formula is C21H21N7. The normalized spacial score (nSPS) is 13.6. The van der Waals surface area contributed by atoms with Crippen molar-refractivity contribution in [1.82, 2.24) is 29.3 Å². The molecule has 4 aromatic rings. The number of nitrogens with zero attached hydrogens (tertiary/aromatic N) is 6. The fraction of sp³-hybridized carbons (Fsp3) is 0.238. The van der Waals surface area contributed by atoms with Crippen LogP contribution in [0.2, 0.25) is 0 Å². The number of benzene rings is 1. The molecule has 0 radical (unpaired) electrons. The maximum absolute atomic E-state index is 4.47. The summed E-state index contributed by atoms with van der Waals surface area (Å²) in [6, 6.07) is 12.8. The van der Waals surface area contributed by atoms with Gasteiger partial charge >= 0.3 is 0 Å². The summed E-state index contributed by atoms with van der Waals surface area (Å²) < 4.78 is 4.23. The molecule has 0 aliphatic heterocycles. The standard InChI is InChI=1S/C21H21N7/c1-14-15(2)27(12-23-14)19-8-9-22-20(11-19)25-17-5-3-4-16(10-17)21-26-24-13-28(21)18-6-7-18/h3-5,8-13,18H,6-7H2,1-2H3,(H,22,25). The molecule has 3 heterocycles. The fourth-order valence-electron chi connectivity index (χ4n) is 3.35. The number of rotatable bonds is 5. The van der Waals surface area contributed by atoms with Crippen molar-refractivity contribution in [2.24, 2.45) is 0 Å². The topological polar surface area (TPSA) is 73.5 Å². The van der Waals surface area contributed by atoms with Crippen molar-refractivity contribution in [3.63, 3.8) is 0 Å². The number of aryl methyl sites for hydroxylation is 1. The highest BCUT2D eigenvalue weighted by atomic mass is 15.3. The molecule has 1 saturated carbocycles. The van der Waals surface area contributed by atoms with E-state index in [4.69, 9.17) is 0 Å². The maximum atomic E-state index is 4.47. The van der Waals surface area contributed by atoms with E-state index in [9.17, 15) is 0 Å². The van der Waals surface area contributed by atoms with E-state index in [0.29, 0.717) is 6.04 Å². The van der Waals surface area contributed by atoms with Gasteiger partial charge in [0.25, 0.3) is 0 Å². The van der Waals surface area contributed by atoms with E-state index in [1.54, 1.807) is 6.20 Å². The molecule has 1 aliphatic rings. The van der Waals surface area contributed by atoms with Gasteiger partial charge in [-0.1, -0.05) is 12.1 Å². The molecule has 0 unspecified atom stereocenters. The van der Waals surface area contributed by atoms with Gasteiger partial charge < -0.3 is 14.5 Å². The van der Waals surface area contributed by atoms with E-state index >= 15 is 0 Å². The van der Waals surface area contributed by atoms with Gasteiger partial charge in [-0.3, -0.25) is 0 Å². The maximum Gasteiger partial charge on any atom is 0.164 e. The van der Waals surface area contributed by atoms with E-state index in [0.717, 1.165) is 40.0 Å². The van der Waals surface area contributed by atoms with E-state index in [1.807, 2.05) is 43.8 Å². The minimum absolute atomic E-state index is 0.543. The largest absolute Gasteiger partial charge is 0.340 e. The summed E-state index contributed by atoms with van der Waals surface area (Å²) in [7, 11) is 0. The van der Waals surface area contributed by atoms with Crippen LogP contribution in [0.25, 0.3) is 17.1 Å². The second-order valence-electron chi connectivity index (χ2n) is 7.18. The highest BCUT2D eigenvalue weighted by molar-refractivity contribution is 5.66. The van der Waals surface area contributed by atoms with Crippen LogP contribution in [0.3, 0.4) is 0 Å². The van der Waals surface area contributed by atoms with Gasteiger partial charge in [0.1, 0.15) is 12.1 Å². The Morgan fingerprint density at radius 3 is 2.71 bits per heavy atom. The van der Waals surface area contributed by atoms with Gasteiger partial charge in [-0.15, -0.1) is 10.2 Å². The average molecular weight is 371 g/mol. The van der Waals surface area contributed by atoms with Crippen LogP contribution in [0.1, 0.15) is 30.3 Å². The number of pyridine rings is 1. The molecule has 7 nitrogen and oxygen atoms in total. The quantitative estimate of drug-likeness (QED) is 0.568. The van der Waals surface area contributed by atoms with Crippen molar-refractivity contribution in [2.75, 3.05) is 5.32 Å². The predicted molar refractivity (Wildman–Crippen MR) is 108 cm³/mol. The van der Waals surface area contributed by atoms with E-state index in [1.165, 1.54) is 12.8 Å². The molecule has 28 heavy (non-hydrogen) atoms. The third-order valence-corrected chi connectivity index (χ3v) is 5.18. The van der Waals surface area contributed by atoms with Crippen LogP contribution in [0, 0.1) is 13.8 Å². The van der Waals surface area contributed by atoms with Gasteiger partial charge in [0.05, 0.1) is 17.7 Å². The lowest BCUT2D eigenvalue weighted by atomic mass is 10.2. The number of nitrogens with one attached hydrogen (secondary N) is 1. The van der Waals surface area contributed by atoms with E-state index in [-0.39, 0.29) is 0 Å². The predicted octanol–water partition coefficient (Wildman–Crippen LogP) is 4.22. The minimum Gasteiger partial charge on any atom is -0.340 e. The molecule has 140 valence electrons. The molecule has 3 aromatic heterocycles. The Morgan fingerprint density at radius 2 is 1.93 bits per heavy atom. The van der Waals surface area contributed by atoms with Crippen molar-refractivity contribution in [2.45, 2.75) is 32.7 Å². The monoisotopic (exact) mass is 371 g/mol. The summed E-state index contributed by atoms with van der Waals surface area (Å²) in [6.45, 7) is 4.08. The van der Waals surface area contributed by atoms with E-state index < -0.39 is 0 Å².